The normalized spacial score (nSPS) is 15.9. The van der Waals surface area contributed by atoms with E-state index in [9.17, 15) is 9.18 Å². The van der Waals surface area contributed by atoms with Gasteiger partial charge in [-0.1, -0.05) is 12.1 Å². The Morgan fingerprint density at radius 1 is 1.22 bits per heavy atom. The quantitative estimate of drug-likeness (QED) is 0.527. The predicted molar refractivity (Wildman–Crippen MR) is 90.0 cm³/mol. The summed E-state index contributed by atoms with van der Waals surface area (Å²) in [5, 5.41) is 9.12. The third-order valence-electron chi connectivity index (χ3n) is 3.98. The van der Waals surface area contributed by atoms with Crippen LogP contribution in [0.2, 0.25) is 0 Å². The van der Waals surface area contributed by atoms with E-state index in [1.165, 1.54) is 6.07 Å². The Morgan fingerprint density at radius 3 is 2.57 bits per heavy atom. The van der Waals surface area contributed by atoms with E-state index in [0.29, 0.717) is 25.6 Å². The number of likely N-dealkylation sites (N-methyl/N-ethyl adjacent to an activating group) is 1. The zero-order valence-electron chi connectivity index (χ0n) is 13.8. The van der Waals surface area contributed by atoms with Gasteiger partial charge in [-0.15, -0.1) is 0 Å². The Kier molecular flexibility index (Phi) is 5.96. The average molecular weight is 320 g/mol. The minimum atomic E-state index is -0.203. The molecule has 1 saturated carbocycles. The molecule has 3 N–H and O–H groups in total. The smallest absolute Gasteiger partial charge is 0.241 e. The van der Waals surface area contributed by atoms with Crippen molar-refractivity contribution in [2.24, 2.45) is 4.99 Å². The Hall–Kier alpha value is -2.11. The first-order chi connectivity index (χ1) is 11.1. The molecule has 1 aliphatic rings. The first kappa shape index (κ1) is 17.2. The molecule has 2 rings (SSSR count). The van der Waals surface area contributed by atoms with Crippen LogP contribution in [0.25, 0.3) is 0 Å². The number of halogens is 1. The van der Waals surface area contributed by atoms with Gasteiger partial charge in [-0.2, -0.15) is 0 Å². The second-order valence-corrected chi connectivity index (χ2v) is 5.79. The number of hydrogen-bond acceptors (Lipinski definition) is 2. The summed E-state index contributed by atoms with van der Waals surface area (Å²) in [6.07, 6.45) is 2.05. The van der Waals surface area contributed by atoms with Gasteiger partial charge in [-0.05, 0) is 44.4 Å². The standard InChI is InChI=1S/C17H25FN4O/c1-3-19-15(23)11-21-16(20-4-2)22-12-17(8-9-17)13-6-5-7-14(18)10-13/h5-7,10H,3-4,8-9,11-12H2,1-2H3,(H,19,23)(H2,20,21,22). The largest absolute Gasteiger partial charge is 0.357 e. The Morgan fingerprint density at radius 2 is 1.96 bits per heavy atom. The molecule has 1 amide bonds. The zero-order chi connectivity index (χ0) is 16.7. The first-order valence-corrected chi connectivity index (χ1v) is 8.14. The number of aliphatic imine (C=N–C) groups is 1. The summed E-state index contributed by atoms with van der Waals surface area (Å²) in [7, 11) is 0. The molecular formula is C17H25FN4O. The van der Waals surface area contributed by atoms with Gasteiger partial charge in [0.15, 0.2) is 5.96 Å². The van der Waals surface area contributed by atoms with Crippen LogP contribution in [0.3, 0.4) is 0 Å². The van der Waals surface area contributed by atoms with E-state index in [4.69, 9.17) is 0 Å². The maximum Gasteiger partial charge on any atom is 0.241 e. The topological polar surface area (TPSA) is 65.5 Å². The highest BCUT2D eigenvalue weighted by molar-refractivity contribution is 5.84. The molecule has 1 aromatic rings. The van der Waals surface area contributed by atoms with Crippen molar-refractivity contribution in [2.75, 3.05) is 26.2 Å². The van der Waals surface area contributed by atoms with E-state index in [2.05, 4.69) is 20.9 Å². The summed E-state index contributed by atoms with van der Waals surface area (Å²) in [5.41, 5.74) is 0.994. The van der Waals surface area contributed by atoms with Gasteiger partial charge < -0.3 is 16.0 Å². The minimum Gasteiger partial charge on any atom is -0.357 e. The predicted octanol–water partition coefficient (Wildman–Crippen LogP) is 1.55. The molecule has 1 fully saturated rings. The lowest BCUT2D eigenvalue weighted by molar-refractivity contribution is -0.119. The van der Waals surface area contributed by atoms with Crippen LogP contribution in [0.15, 0.2) is 29.3 Å². The third kappa shape index (κ3) is 4.94. The second-order valence-electron chi connectivity index (χ2n) is 5.79. The molecular weight excluding hydrogens is 295 g/mol. The Bertz CT molecular complexity index is 569. The van der Waals surface area contributed by atoms with Gasteiger partial charge in [0.2, 0.25) is 5.91 Å². The molecule has 126 valence electrons. The van der Waals surface area contributed by atoms with E-state index in [0.717, 1.165) is 18.4 Å². The van der Waals surface area contributed by atoms with Gasteiger partial charge >= 0.3 is 0 Å². The summed E-state index contributed by atoms with van der Waals surface area (Å²) >= 11 is 0. The molecule has 0 bridgehead atoms. The number of hydrogen-bond donors (Lipinski definition) is 3. The van der Waals surface area contributed by atoms with Crippen molar-refractivity contribution in [1.82, 2.24) is 16.0 Å². The molecule has 5 nitrogen and oxygen atoms in total. The van der Waals surface area contributed by atoms with Gasteiger partial charge in [0, 0.05) is 25.0 Å². The zero-order valence-corrected chi connectivity index (χ0v) is 13.8. The molecule has 23 heavy (non-hydrogen) atoms. The molecule has 0 radical (unpaired) electrons. The molecule has 0 aromatic heterocycles. The van der Waals surface area contributed by atoms with Gasteiger partial charge in [0.05, 0.1) is 0 Å². The molecule has 0 unspecified atom stereocenters. The highest BCUT2D eigenvalue weighted by atomic mass is 19.1. The Labute approximate surface area is 136 Å². The number of amides is 1. The monoisotopic (exact) mass is 320 g/mol. The van der Waals surface area contributed by atoms with Crippen molar-refractivity contribution in [3.8, 4) is 0 Å². The highest BCUT2D eigenvalue weighted by Gasteiger charge is 2.44. The van der Waals surface area contributed by atoms with E-state index in [-0.39, 0.29) is 23.7 Å². The molecule has 0 aliphatic heterocycles. The van der Waals surface area contributed by atoms with Crippen LogP contribution in [-0.2, 0) is 10.2 Å². The van der Waals surface area contributed by atoms with Crippen molar-refractivity contribution < 1.29 is 9.18 Å². The Balaban J connectivity index is 1.95. The lowest BCUT2D eigenvalue weighted by atomic mass is 9.96. The average Bonchev–Trinajstić information content (AvgIpc) is 3.32. The van der Waals surface area contributed by atoms with Crippen molar-refractivity contribution >= 4 is 11.9 Å². The number of nitrogens with zero attached hydrogens (tertiary/aromatic N) is 1. The van der Waals surface area contributed by atoms with Crippen molar-refractivity contribution in [2.45, 2.75) is 32.1 Å². The molecule has 0 spiro atoms. The van der Waals surface area contributed by atoms with Gasteiger partial charge in [-0.25, -0.2) is 9.38 Å². The fourth-order valence-electron chi connectivity index (χ4n) is 2.54. The maximum absolute atomic E-state index is 13.4. The van der Waals surface area contributed by atoms with Crippen LogP contribution in [-0.4, -0.2) is 38.0 Å². The van der Waals surface area contributed by atoms with E-state index in [1.54, 1.807) is 12.1 Å². The van der Waals surface area contributed by atoms with Crippen LogP contribution >= 0.6 is 0 Å². The molecule has 0 saturated heterocycles. The van der Waals surface area contributed by atoms with E-state index < -0.39 is 0 Å². The maximum atomic E-state index is 13.4. The first-order valence-electron chi connectivity index (χ1n) is 8.14. The lowest BCUT2D eigenvalue weighted by Gasteiger charge is -2.19. The molecule has 1 aliphatic carbocycles. The molecule has 1 aromatic carbocycles. The highest BCUT2D eigenvalue weighted by Crippen LogP contribution is 2.47. The van der Waals surface area contributed by atoms with Crippen LogP contribution in [0, 0.1) is 5.82 Å². The van der Waals surface area contributed by atoms with Crippen molar-refractivity contribution in [3.05, 3.63) is 35.6 Å². The summed E-state index contributed by atoms with van der Waals surface area (Å²) in [6, 6.07) is 6.79. The summed E-state index contributed by atoms with van der Waals surface area (Å²) in [4.78, 5) is 15.8. The fourth-order valence-corrected chi connectivity index (χ4v) is 2.54. The van der Waals surface area contributed by atoms with Crippen LogP contribution < -0.4 is 16.0 Å². The number of nitrogens with one attached hydrogen (secondary N) is 3. The summed E-state index contributed by atoms with van der Waals surface area (Å²) < 4.78 is 13.4. The SMILES string of the molecule is CCNC(=O)CN=C(NCC)NCC1(c2cccc(F)c2)CC1. The number of carbonyl (C=O) groups excluding carboxylic acids is 1. The molecule has 0 heterocycles. The number of carbonyl (C=O) groups is 1. The van der Waals surface area contributed by atoms with Gasteiger partial charge in [-0.3, -0.25) is 4.79 Å². The van der Waals surface area contributed by atoms with Crippen LogP contribution in [0.4, 0.5) is 4.39 Å². The van der Waals surface area contributed by atoms with Crippen molar-refractivity contribution in [3.63, 3.8) is 0 Å². The van der Waals surface area contributed by atoms with Crippen LogP contribution in [0.1, 0.15) is 32.3 Å². The fraction of sp³-hybridized carbons (Fsp3) is 0.529. The summed E-state index contributed by atoms with van der Waals surface area (Å²) in [6.45, 7) is 5.94. The summed E-state index contributed by atoms with van der Waals surface area (Å²) in [5.74, 6) is 0.308. The van der Waals surface area contributed by atoms with Crippen molar-refractivity contribution in [1.29, 1.82) is 0 Å². The number of guanidine groups is 1. The van der Waals surface area contributed by atoms with E-state index >= 15 is 0 Å². The molecule has 0 atom stereocenters. The van der Waals surface area contributed by atoms with Crippen LogP contribution in [0.5, 0.6) is 0 Å². The number of benzene rings is 1. The lowest BCUT2D eigenvalue weighted by Crippen LogP contribution is -2.42. The molecule has 6 heteroatoms. The van der Waals surface area contributed by atoms with Gasteiger partial charge in [0.1, 0.15) is 12.4 Å². The third-order valence-corrected chi connectivity index (χ3v) is 3.98. The van der Waals surface area contributed by atoms with E-state index in [1.807, 2.05) is 19.9 Å². The number of rotatable bonds is 7. The van der Waals surface area contributed by atoms with Gasteiger partial charge in [0.25, 0.3) is 0 Å². The second kappa shape index (κ2) is 7.94. The minimum absolute atomic E-state index is 0.0238.